The minimum absolute atomic E-state index is 0.0191. The Morgan fingerprint density at radius 3 is 2.48 bits per heavy atom. The molecule has 1 aromatic carbocycles. The molecule has 3 nitrogen and oxygen atoms in total. The Hall–Kier alpha value is -1.01. The van der Waals surface area contributed by atoms with Crippen LogP contribution in [0.5, 0.6) is 0 Å². The molecule has 2 atom stereocenters. The molecule has 3 rings (SSSR count). The standard InChI is InChI=1S/C15H19F2NO2S/c16-13-8-7-12(10-14(13)17)21(19,20)18-9-3-5-11-4-1-2-6-15(11)18/h7-8,10-11,15H,1-6,9H2. The van der Waals surface area contributed by atoms with E-state index in [1.165, 1.54) is 4.31 Å². The van der Waals surface area contributed by atoms with Crippen LogP contribution < -0.4 is 0 Å². The summed E-state index contributed by atoms with van der Waals surface area (Å²) in [6.07, 6.45) is 6.02. The first kappa shape index (κ1) is 14.9. The number of benzene rings is 1. The van der Waals surface area contributed by atoms with E-state index >= 15 is 0 Å². The number of sulfonamides is 1. The van der Waals surface area contributed by atoms with Gasteiger partial charge in [0.1, 0.15) is 0 Å². The van der Waals surface area contributed by atoms with Crippen LogP contribution in [0.15, 0.2) is 23.1 Å². The molecule has 0 N–H and O–H groups in total. The second kappa shape index (κ2) is 5.65. The number of hydrogen-bond donors (Lipinski definition) is 0. The first-order chi connectivity index (χ1) is 10.00. The summed E-state index contributed by atoms with van der Waals surface area (Å²) in [5, 5.41) is 0. The lowest BCUT2D eigenvalue weighted by atomic mass is 9.79. The third kappa shape index (κ3) is 2.71. The Kier molecular flexibility index (Phi) is 4.01. The van der Waals surface area contributed by atoms with Gasteiger partial charge in [-0.05, 0) is 49.8 Å². The predicted molar refractivity (Wildman–Crippen MR) is 75.2 cm³/mol. The van der Waals surface area contributed by atoms with E-state index in [1.807, 2.05) is 0 Å². The van der Waals surface area contributed by atoms with Crippen molar-refractivity contribution < 1.29 is 17.2 Å². The molecule has 0 radical (unpaired) electrons. The van der Waals surface area contributed by atoms with Crippen LogP contribution in [0.1, 0.15) is 38.5 Å². The zero-order valence-electron chi connectivity index (χ0n) is 11.8. The van der Waals surface area contributed by atoms with Crippen LogP contribution in [-0.4, -0.2) is 25.3 Å². The third-order valence-electron chi connectivity index (χ3n) is 4.69. The summed E-state index contributed by atoms with van der Waals surface area (Å²) in [5.74, 6) is -1.73. The number of piperidine rings is 1. The summed E-state index contributed by atoms with van der Waals surface area (Å²) >= 11 is 0. The highest BCUT2D eigenvalue weighted by Crippen LogP contribution is 2.38. The molecule has 2 fully saturated rings. The Bertz CT molecular complexity index is 631. The molecule has 0 spiro atoms. The Labute approximate surface area is 124 Å². The van der Waals surface area contributed by atoms with Crippen molar-refractivity contribution in [1.29, 1.82) is 0 Å². The zero-order chi connectivity index (χ0) is 15.0. The van der Waals surface area contributed by atoms with Crippen molar-refractivity contribution in [1.82, 2.24) is 4.31 Å². The first-order valence-electron chi connectivity index (χ1n) is 7.47. The highest BCUT2D eigenvalue weighted by molar-refractivity contribution is 7.89. The topological polar surface area (TPSA) is 37.4 Å². The van der Waals surface area contributed by atoms with Crippen LogP contribution in [0, 0.1) is 17.6 Å². The lowest BCUT2D eigenvalue weighted by Gasteiger charge is -2.43. The quantitative estimate of drug-likeness (QED) is 0.839. The van der Waals surface area contributed by atoms with Gasteiger partial charge < -0.3 is 0 Å². The Morgan fingerprint density at radius 1 is 1.00 bits per heavy atom. The van der Waals surface area contributed by atoms with Crippen LogP contribution in [0.25, 0.3) is 0 Å². The normalized spacial score (nSPS) is 27.3. The molecule has 1 aliphatic heterocycles. The van der Waals surface area contributed by atoms with Gasteiger partial charge in [-0.1, -0.05) is 12.8 Å². The molecular formula is C15H19F2NO2S. The zero-order valence-corrected chi connectivity index (χ0v) is 12.6. The molecule has 1 saturated carbocycles. The molecule has 1 heterocycles. The maximum absolute atomic E-state index is 13.4. The Morgan fingerprint density at radius 2 is 1.71 bits per heavy atom. The summed E-state index contributed by atoms with van der Waals surface area (Å²) in [6, 6.07) is 2.84. The molecule has 21 heavy (non-hydrogen) atoms. The predicted octanol–water partition coefficient (Wildman–Crippen LogP) is 3.31. The fraction of sp³-hybridized carbons (Fsp3) is 0.600. The average molecular weight is 315 g/mol. The van der Waals surface area contributed by atoms with E-state index in [-0.39, 0.29) is 10.9 Å². The second-order valence-corrected chi connectivity index (χ2v) is 7.84. The van der Waals surface area contributed by atoms with E-state index in [4.69, 9.17) is 0 Å². The van der Waals surface area contributed by atoms with Crippen LogP contribution in [0.4, 0.5) is 8.78 Å². The van der Waals surface area contributed by atoms with Gasteiger partial charge in [0.15, 0.2) is 11.6 Å². The smallest absolute Gasteiger partial charge is 0.207 e. The van der Waals surface area contributed by atoms with E-state index in [2.05, 4.69) is 0 Å². The lowest BCUT2D eigenvalue weighted by molar-refractivity contribution is 0.129. The SMILES string of the molecule is O=S(=O)(c1ccc(F)c(F)c1)N1CCCC2CCCCC21. The van der Waals surface area contributed by atoms with Crippen molar-refractivity contribution in [2.24, 2.45) is 5.92 Å². The molecule has 1 aliphatic carbocycles. The third-order valence-corrected chi connectivity index (χ3v) is 6.61. The Balaban J connectivity index is 1.94. The highest BCUT2D eigenvalue weighted by Gasteiger charge is 2.40. The largest absolute Gasteiger partial charge is 0.243 e. The monoisotopic (exact) mass is 315 g/mol. The molecule has 0 bridgehead atoms. The van der Waals surface area contributed by atoms with Crippen molar-refractivity contribution in [3.8, 4) is 0 Å². The van der Waals surface area contributed by atoms with Crippen LogP contribution >= 0.6 is 0 Å². The molecule has 0 amide bonds. The van der Waals surface area contributed by atoms with Gasteiger partial charge in [0.05, 0.1) is 4.90 Å². The summed E-state index contributed by atoms with van der Waals surface area (Å²) in [7, 11) is -3.75. The molecule has 1 aromatic rings. The van der Waals surface area contributed by atoms with Gasteiger partial charge >= 0.3 is 0 Å². The van der Waals surface area contributed by atoms with E-state index < -0.39 is 21.7 Å². The molecule has 2 aliphatic rings. The van der Waals surface area contributed by atoms with Crippen LogP contribution in [0.3, 0.4) is 0 Å². The van der Waals surface area contributed by atoms with E-state index in [0.717, 1.165) is 56.7 Å². The van der Waals surface area contributed by atoms with Crippen molar-refractivity contribution in [2.75, 3.05) is 6.54 Å². The fourth-order valence-electron chi connectivity index (χ4n) is 3.65. The highest BCUT2D eigenvalue weighted by atomic mass is 32.2. The minimum Gasteiger partial charge on any atom is -0.207 e. The summed E-state index contributed by atoms with van der Waals surface area (Å²) in [6.45, 7) is 0.475. The maximum Gasteiger partial charge on any atom is 0.243 e. The van der Waals surface area contributed by atoms with Gasteiger partial charge in [0.2, 0.25) is 10.0 Å². The average Bonchev–Trinajstić information content (AvgIpc) is 2.49. The van der Waals surface area contributed by atoms with Gasteiger partial charge in [0.25, 0.3) is 0 Å². The number of halogens is 2. The number of fused-ring (bicyclic) bond motifs is 1. The van der Waals surface area contributed by atoms with Crippen molar-refractivity contribution in [3.05, 3.63) is 29.8 Å². The summed E-state index contributed by atoms with van der Waals surface area (Å²) in [5.41, 5.74) is 0. The molecule has 2 unspecified atom stereocenters. The van der Waals surface area contributed by atoms with Gasteiger partial charge in [-0.2, -0.15) is 4.31 Å². The maximum atomic E-state index is 13.4. The first-order valence-corrected chi connectivity index (χ1v) is 8.91. The fourth-order valence-corrected chi connectivity index (χ4v) is 5.42. The molecule has 116 valence electrons. The summed E-state index contributed by atoms with van der Waals surface area (Å²) in [4.78, 5) is -0.146. The molecule has 6 heteroatoms. The molecular weight excluding hydrogens is 296 g/mol. The summed E-state index contributed by atoms with van der Waals surface area (Å²) < 4.78 is 53.4. The van der Waals surface area contributed by atoms with E-state index in [0.29, 0.717) is 12.5 Å². The number of rotatable bonds is 2. The molecule has 0 aromatic heterocycles. The second-order valence-electron chi connectivity index (χ2n) is 5.95. The van der Waals surface area contributed by atoms with Gasteiger partial charge in [0, 0.05) is 12.6 Å². The molecule has 1 saturated heterocycles. The van der Waals surface area contributed by atoms with Crippen molar-refractivity contribution in [3.63, 3.8) is 0 Å². The van der Waals surface area contributed by atoms with Crippen molar-refractivity contribution >= 4 is 10.0 Å². The van der Waals surface area contributed by atoms with Gasteiger partial charge in [-0.3, -0.25) is 0 Å². The van der Waals surface area contributed by atoms with Gasteiger partial charge in [-0.25, -0.2) is 17.2 Å². The van der Waals surface area contributed by atoms with E-state index in [1.54, 1.807) is 0 Å². The minimum atomic E-state index is -3.75. The van der Waals surface area contributed by atoms with Crippen molar-refractivity contribution in [2.45, 2.75) is 49.5 Å². The number of hydrogen-bond acceptors (Lipinski definition) is 2. The van der Waals surface area contributed by atoms with E-state index in [9.17, 15) is 17.2 Å². The lowest BCUT2D eigenvalue weighted by Crippen LogP contribution is -2.49. The van der Waals surface area contributed by atoms with Crippen LogP contribution in [-0.2, 0) is 10.0 Å². The van der Waals surface area contributed by atoms with Crippen LogP contribution in [0.2, 0.25) is 0 Å². The number of nitrogens with zero attached hydrogens (tertiary/aromatic N) is 1. The van der Waals surface area contributed by atoms with Gasteiger partial charge in [-0.15, -0.1) is 0 Å².